The molecule has 0 fully saturated rings. The molecule has 0 atom stereocenters. The maximum atomic E-state index is 5.51. The molecule has 0 amide bonds. The molecule has 5 nitrogen and oxygen atoms in total. The third kappa shape index (κ3) is 2.73. The number of benzene rings is 1. The van der Waals surface area contributed by atoms with Crippen LogP contribution in [0.15, 0.2) is 24.3 Å². The SMILES string of the molecule is CC(C)c1ccc(-c2nnnn2CCCN)cc1. The Kier molecular flexibility index (Phi) is 4.04. The summed E-state index contributed by atoms with van der Waals surface area (Å²) in [6, 6.07) is 8.39. The monoisotopic (exact) mass is 245 g/mol. The smallest absolute Gasteiger partial charge is 0.182 e. The Balaban J connectivity index is 2.23. The van der Waals surface area contributed by atoms with E-state index in [1.807, 2.05) is 0 Å². The molecule has 1 heterocycles. The minimum atomic E-state index is 0.535. The lowest BCUT2D eigenvalue weighted by atomic mass is 10.0. The first-order chi connectivity index (χ1) is 8.72. The molecule has 5 heteroatoms. The van der Waals surface area contributed by atoms with Crippen molar-refractivity contribution in [1.29, 1.82) is 0 Å². The van der Waals surface area contributed by atoms with Crippen LogP contribution in [0.5, 0.6) is 0 Å². The second-order valence-corrected chi connectivity index (χ2v) is 4.64. The van der Waals surface area contributed by atoms with E-state index in [0.29, 0.717) is 12.5 Å². The van der Waals surface area contributed by atoms with Crippen molar-refractivity contribution in [3.8, 4) is 11.4 Å². The summed E-state index contributed by atoms with van der Waals surface area (Å²) in [5.74, 6) is 1.34. The molecule has 0 aliphatic heterocycles. The van der Waals surface area contributed by atoms with E-state index in [0.717, 1.165) is 24.4 Å². The molecule has 18 heavy (non-hydrogen) atoms. The van der Waals surface area contributed by atoms with Crippen LogP contribution in [0.25, 0.3) is 11.4 Å². The molecule has 0 radical (unpaired) electrons. The number of aromatic nitrogens is 4. The Morgan fingerprint density at radius 2 is 1.94 bits per heavy atom. The fourth-order valence-electron chi connectivity index (χ4n) is 1.82. The lowest BCUT2D eigenvalue weighted by molar-refractivity contribution is 0.568. The highest BCUT2D eigenvalue weighted by Crippen LogP contribution is 2.20. The van der Waals surface area contributed by atoms with Gasteiger partial charge < -0.3 is 5.73 Å². The molecular weight excluding hydrogens is 226 g/mol. The Hall–Kier alpha value is -1.75. The highest BCUT2D eigenvalue weighted by atomic mass is 15.5. The van der Waals surface area contributed by atoms with Crippen LogP contribution in [0, 0.1) is 0 Å². The highest BCUT2D eigenvalue weighted by Gasteiger charge is 2.08. The van der Waals surface area contributed by atoms with E-state index in [1.165, 1.54) is 5.56 Å². The minimum Gasteiger partial charge on any atom is -0.330 e. The van der Waals surface area contributed by atoms with Crippen LogP contribution >= 0.6 is 0 Å². The molecule has 0 bridgehead atoms. The predicted octanol–water partition coefficient (Wildman–Crippen LogP) is 1.81. The van der Waals surface area contributed by atoms with Crippen molar-refractivity contribution < 1.29 is 0 Å². The maximum absolute atomic E-state index is 5.51. The molecule has 0 unspecified atom stereocenters. The van der Waals surface area contributed by atoms with Crippen LogP contribution in [0.1, 0.15) is 31.7 Å². The second-order valence-electron chi connectivity index (χ2n) is 4.64. The van der Waals surface area contributed by atoms with Crippen molar-refractivity contribution in [1.82, 2.24) is 20.2 Å². The van der Waals surface area contributed by atoms with Gasteiger partial charge in [-0.05, 0) is 34.9 Å². The third-order valence-electron chi connectivity index (χ3n) is 2.94. The van der Waals surface area contributed by atoms with Crippen molar-refractivity contribution >= 4 is 0 Å². The lowest BCUT2D eigenvalue weighted by Gasteiger charge is -2.07. The predicted molar refractivity (Wildman–Crippen MR) is 71.0 cm³/mol. The number of rotatable bonds is 5. The summed E-state index contributed by atoms with van der Waals surface area (Å²) in [4.78, 5) is 0. The normalized spacial score (nSPS) is 11.1. The van der Waals surface area contributed by atoms with Gasteiger partial charge in [-0.15, -0.1) is 5.10 Å². The van der Waals surface area contributed by atoms with E-state index in [2.05, 4.69) is 53.6 Å². The van der Waals surface area contributed by atoms with Crippen LogP contribution in [0.2, 0.25) is 0 Å². The summed E-state index contributed by atoms with van der Waals surface area (Å²) < 4.78 is 1.80. The third-order valence-corrected chi connectivity index (χ3v) is 2.94. The number of nitrogens with zero attached hydrogens (tertiary/aromatic N) is 4. The first kappa shape index (κ1) is 12.7. The van der Waals surface area contributed by atoms with Crippen LogP contribution in [0.4, 0.5) is 0 Å². The van der Waals surface area contributed by atoms with E-state index in [1.54, 1.807) is 4.68 Å². The quantitative estimate of drug-likeness (QED) is 0.872. The maximum Gasteiger partial charge on any atom is 0.182 e. The largest absolute Gasteiger partial charge is 0.330 e. The summed E-state index contributed by atoms with van der Waals surface area (Å²) >= 11 is 0. The summed E-state index contributed by atoms with van der Waals surface area (Å²) in [7, 11) is 0. The fourth-order valence-corrected chi connectivity index (χ4v) is 1.82. The van der Waals surface area contributed by atoms with E-state index < -0.39 is 0 Å². The Labute approximate surface area is 107 Å². The van der Waals surface area contributed by atoms with Gasteiger partial charge in [0.15, 0.2) is 5.82 Å². The van der Waals surface area contributed by atoms with E-state index in [-0.39, 0.29) is 0 Å². The molecule has 2 aromatic rings. The van der Waals surface area contributed by atoms with Gasteiger partial charge in [0, 0.05) is 12.1 Å². The number of aryl methyl sites for hydroxylation is 1. The Morgan fingerprint density at radius 1 is 1.22 bits per heavy atom. The van der Waals surface area contributed by atoms with Crippen molar-refractivity contribution in [2.24, 2.45) is 5.73 Å². The van der Waals surface area contributed by atoms with Crippen molar-refractivity contribution in [2.45, 2.75) is 32.7 Å². The number of nitrogens with two attached hydrogens (primary N) is 1. The van der Waals surface area contributed by atoms with E-state index >= 15 is 0 Å². The fraction of sp³-hybridized carbons (Fsp3) is 0.462. The van der Waals surface area contributed by atoms with E-state index in [9.17, 15) is 0 Å². The van der Waals surface area contributed by atoms with Gasteiger partial charge in [-0.3, -0.25) is 0 Å². The minimum absolute atomic E-state index is 0.535. The Bertz CT molecular complexity index is 486. The number of tetrazole rings is 1. The summed E-state index contributed by atoms with van der Waals surface area (Å²) in [6.07, 6.45) is 0.877. The van der Waals surface area contributed by atoms with E-state index in [4.69, 9.17) is 5.73 Å². The summed E-state index contributed by atoms with van der Waals surface area (Å²) in [5.41, 5.74) is 7.87. The average molecular weight is 245 g/mol. The molecule has 0 aliphatic rings. The zero-order valence-corrected chi connectivity index (χ0v) is 10.9. The molecule has 0 saturated carbocycles. The van der Waals surface area contributed by atoms with Gasteiger partial charge in [-0.1, -0.05) is 38.1 Å². The average Bonchev–Trinajstić information content (AvgIpc) is 2.84. The molecule has 2 rings (SSSR count). The van der Waals surface area contributed by atoms with Crippen molar-refractivity contribution in [3.63, 3.8) is 0 Å². The van der Waals surface area contributed by atoms with Gasteiger partial charge >= 0.3 is 0 Å². The number of hydrogen-bond acceptors (Lipinski definition) is 4. The zero-order chi connectivity index (χ0) is 13.0. The molecule has 2 N–H and O–H groups in total. The second kappa shape index (κ2) is 5.73. The first-order valence-electron chi connectivity index (χ1n) is 6.29. The Morgan fingerprint density at radius 3 is 2.56 bits per heavy atom. The first-order valence-corrected chi connectivity index (χ1v) is 6.29. The van der Waals surface area contributed by atoms with Crippen LogP contribution < -0.4 is 5.73 Å². The molecule has 1 aromatic heterocycles. The molecule has 0 spiro atoms. The lowest BCUT2D eigenvalue weighted by Crippen LogP contribution is -2.08. The summed E-state index contributed by atoms with van der Waals surface area (Å²) in [6.45, 7) is 5.76. The van der Waals surface area contributed by atoms with Gasteiger partial charge in [0.05, 0.1) is 0 Å². The molecule has 96 valence electrons. The van der Waals surface area contributed by atoms with Gasteiger partial charge in [0.2, 0.25) is 0 Å². The van der Waals surface area contributed by atoms with Gasteiger partial charge in [0.25, 0.3) is 0 Å². The number of hydrogen-bond donors (Lipinski definition) is 1. The van der Waals surface area contributed by atoms with Crippen LogP contribution in [-0.4, -0.2) is 26.8 Å². The molecule has 1 aromatic carbocycles. The molecule has 0 aliphatic carbocycles. The van der Waals surface area contributed by atoms with Crippen molar-refractivity contribution in [3.05, 3.63) is 29.8 Å². The van der Waals surface area contributed by atoms with Crippen LogP contribution in [0.3, 0.4) is 0 Å². The standard InChI is InChI=1S/C13H19N5/c1-10(2)11-4-6-12(7-5-11)13-15-16-17-18(13)9-3-8-14/h4-7,10H,3,8-9,14H2,1-2H3. The molecule has 0 saturated heterocycles. The van der Waals surface area contributed by atoms with Gasteiger partial charge in [-0.25, -0.2) is 4.68 Å². The van der Waals surface area contributed by atoms with Gasteiger partial charge in [0.1, 0.15) is 0 Å². The van der Waals surface area contributed by atoms with Gasteiger partial charge in [-0.2, -0.15) is 0 Å². The van der Waals surface area contributed by atoms with Crippen molar-refractivity contribution in [2.75, 3.05) is 6.54 Å². The summed E-state index contributed by atoms with van der Waals surface area (Å²) in [5, 5.41) is 11.8. The zero-order valence-electron chi connectivity index (χ0n) is 10.9. The van der Waals surface area contributed by atoms with Crippen LogP contribution in [-0.2, 0) is 6.54 Å². The topological polar surface area (TPSA) is 69.6 Å². The highest BCUT2D eigenvalue weighted by molar-refractivity contribution is 5.55. The molecular formula is C13H19N5.